The van der Waals surface area contributed by atoms with E-state index in [1.54, 1.807) is 0 Å². The summed E-state index contributed by atoms with van der Waals surface area (Å²) < 4.78 is 0. The average Bonchev–Trinajstić information content (AvgIpc) is 2.43. The number of fused-ring (bicyclic) bond motifs is 1. The highest BCUT2D eigenvalue weighted by molar-refractivity contribution is 7.99. The topological polar surface area (TPSA) is 71.8 Å². The lowest BCUT2D eigenvalue weighted by atomic mass is 10.1. The van der Waals surface area contributed by atoms with E-state index in [1.807, 2.05) is 11.8 Å². The fourth-order valence-corrected chi connectivity index (χ4v) is 2.65. The van der Waals surface area contributed by atoms with Crippen LogP contribution >= 0.6 is 11.8 Å². The maximum atomic E-state index is 11.8. The number of aromatic nitrogens is 2. The monoisotopic (exact) mass is 225 g/mol. The van der Waals surface area contributed by atoms with Crippen molar-refractivity contribution >= 4 is 11.8 Å². The molecule has 4 nitrogen and oxygen atoms in total. The van der Waals surface area contributed by atoms with E-state index in [2.05, 4.69) is 9.97 Å². The second kappa shape index (κ2) is 4.81. The first kappa shape index (κ1) is 10.7. The fraction of sp³-hybridized carbons (Fsp3) is 0.600. The highest BCUT2D eigenvalue weighted by atomic mass is 32.2. The molecule has 2 heterocycles. The quantitative estimate of drug-likeness (QED) is 0.749. The van der Waals surface area contributed by atoms with Crippen molar-refractivity contribution in [2.45, 2.75) is 19.3 Å². The van der Waals surface area contributed by atoms with Crippen LogP contribution in [-0.2, 0) is 19.3 Å². The predicted octanol–water partition coefficient (Wildman–Crippen LogP) is 0.103. The Morgan fingerprint density at radius 3 is 3.00 bits per heavy atom. The standard InChI is InChI=1S/C10H15N3OS/c11-4-1-9-12-8-3-6-15-5-2-7(8)10(14)13-9/h1-6,11H2,(H,12,13,14). The van der Waals surface area contributed by atoms with Crippen LogP contribution in [0.25, 0.3) is 0 Å². The summed E-state index contributed by atoms with van der Waals surface area (Å²) in [5.41, 5.74) is 7.34. The van der Waals surface area contributed by atoms with E-state index in [0.717, 1.165) is 41.4 Å². The van der Waals surface area contributed by atoms with Crippen LogP contribution in [0.3, 0.4) is 0 Å². The molecule has 3 N–H and O–H groups in total. The summed E-state index contributed by atoms with van der Waals surface area (Å²) in [4.78, 5) is 19.0. The van der Waals surface area contributed by atoms with Gasteiger partial charge in [0.05, 0.1) is 5.69 Å². The molecule has 82 valence electrons. The summed E-state index contributed by atoms with van der Waals surface area (Å²) in [7, 11) is 0. The van der Waals surface area contributed by atoms with E-state index >= 15 is 0 Å². The van der Waals surface area contributed by atoms with Crippen molar-refractivity contribution < 1.29 is 0 Å². The Morgan fingerprint density at radius 2 is 2.20 bits per heavy atom. The van der Waals surface area contributed by atoms with Gasteiger partial charge >= 0.3 is 0 Å². The molecule has 0 amide bonds. The van der Waals surface area contributed by atoms with Gasteiger partial charge in [-0.05, 0) is 30.9 Å². The Bertz CT molecular complexity index is 402. The minimum absolute atomic E-state index is 0.0333. The van der Waals surface area contributed by atoms with Crippen molar-refractivity contribution in [3.8, 4) is 0 Å². The molecule has 5 heteroatoms. The molecule has 1 aliphatic heterocycles. The molecule has 0 fully saturated rings. The fourth-order valence-electron chi connectivity index (χ4n) is 1.76. The molecule has 1 aromatic rings. The molecule has 0 radical (unpaired) electrons. The first-order valence-corrected chi connectivity index (χ1v) is 6.35. The number of nitrogens with one attached hydrogen (secondary N) is 1. The smallest absolute Gasteiger partial charge is 0.254 e. The highest BCUT2D eigenvalue weighted by Gasteiger charge is 2.13. The first-order valence-electron chi connectivity index (χ1n) is 5.20. The second-order valence-corrected chi connectivity index (χ2v) is 4.81. The van der Waals surface area contributed by atoms with Crippen LogP contribution in [0.15, 0.2) is 4.79 Å². The molecule has 1 aromatic heterocycles. The molecular formula is C10H15N3OS. The van der Waals surface area contributed by atoms with Crippen molar-refractivity contribution in [3.05, 3.63) is 27.4 Å². The number of nitrogens with zero attached hydrogens (tertiary/aromatic N) is 1. The number of H-pyrrole nitrogens is 1. The third-order valence-electron chi connectivity index (χ3n) is 2.51. The molecule has 1 aliphatic rings. The first-order chi connectivity index (χ1) is 7.31. The number of aromatic amines is 1. The number of nitrogens with two attached hydrogens (primary N) is 1. The zero-order valence-electron chi connectivity index (χ0n) is 8.58. The van der Waals surface area contributed by atoms with Crippen molar-refractivity contribution in [2.75, 3.05) is 18.1 Å². The van der Waals surface area contributed by atoms with Crippen LogP contribution in [0.5, 0.6) is 0 Å². The van der Waals surface area contributed by atoms with Gasteiger partial charge in [-0.1, -0.05) is 0 Å². The summed E-state index contributed by atoms with van der Waals surface area (Å²) in [6.45, 7) is 0.524. The molecule has 0 bridgehead atoms. The normalized spacial score (nSPS) is 15.8. The zero-order valence-corrected chi connectivity index (χ0v) is 9.40. The summed E-state index contributed by atoms with van der Waals surface area (Å²) in [5.74, 6) is 2.81. The summed E-state index contributed by atoms with van der Waals surface area (Å²) >= 11 is 1.88. The van der Waals surface area contributed by atoms with Gasteiger partial charge in [0, 0.05) is 12.0 Å². The Morgan fingerprint density at radius 1 is 1.40 bits per heavy atom. The lowest BCUT2D eigenvalue weighted by Gasteiger charge is -2.05. The predicted molar refractivity (Wildman–Crippen MR) is 62.3 cm³/mol. The lowest BCUT2D eigenvalue weighted by molar-refractivity contribution is 0.811. The molecule has 2 rings (SSSR count). The summed E-state index contributed by atoms with van der Waals surface area (Å²) in [5, 5.41) is 0. The Kier molecular flexibility index (Phi) is 3.43. The largest absolute Gasteiger partial charge is 0.330 e. The molecule has 0 saturated heterocycles. The van der Waals surface area contributed by atoms with E-state index in [9.17, 15) is 4.79 Å². The van der Waals surface area contributed by atoms with Gasteiger partial charge in [-0.3, -0.25) is 4.79 Å². The van der Waals surface area contributed by atoms with Crippen molar-refractivity contribution in [1.29, 1.82) is 0 Å². The lowest BCUT2D eigenvalue weighted by Crippen LogP contribution is -2.21. The van der Waals surface area contributed by atoms with Gasteiger partial charge < -0.3 is 10.7 Å². The Balaban J connectivity index is 2.39. The van der Waals surface area contributed by atoms with Gasteiger partial charge in [0.1, 0.15) is 5.82 Å². The van der Waals surface area contributed by atoms with Crippen LogP contribution in [0.1, 0.15) is 17.1 Å². The maximum absolute atomic E-state index is 11.8. The van der Waals surface area contributed by atoms with Crippen molar-refractivity contribution in [2.24, 2.45) is 5.73 Å². The van der Waals surface area contributed by atoms with E-state index < -0.39 is 0 Å². The third kappa shape index (κ3) is 2.41. The van der Waals surface area contributed by atoms with Crippen LogP contribution in [0.4, 0.5) is 0 Å². The van der Waals surface area contributed by atoms with Crippen LogP contribution in [-0.4, -0.2) is 28.0 Å². The number of hydrogen-bond acceptors (Lipinski definition) is 4. The summed E-state index contributed by atoms with van der Waals surface area (Å²) in [6.07, 6.45) is 2.39. The number of rotatable bonds is 2. The van der Waals surface area contributed by atoms with Crippen LogP contribution in [0, 0.1) is 0 Å². The number of hydrogen-bond donors (Lipinski definition) is 2. The minimum atomic E-state index is 0.0333. The maximum Gasteiger partial charge on any atom is 0.254 e. The van der Waals surface area contributed by atoms with Crippen LogP contribution < -0.4 is 11.3 Å². The van der Waals surface area contributed by atoms with Gasteiger partial charge in [0.2, 0.25) is 0 Å². The van der Waals surface area contributed by atoms with Gasteiger partial charge in [-0.25, -0.2) is 4.98 Å². The van der Waals surface area contributed by atoms with Gasteiger partial charge in [-0.15, -0.1) is 0 Å². The molecule has 15 heavy (non-hydrogen) atoms. The third-order valence-corrected chi connectivity index (χ3v) is 3.50. The van der Waals surface area contributed by atoms with Gasteiger partial charge in [0.25, 0.3) is 5.56 Å². The van der Waals surface area contributed by atoms with Crippen LogP contribution in [0.2, 0.25) is 0 Å². The zero-order chi connectivity index (χ0) is 10.7. The highest BCUT2D eigenvalue weighted by Crippen LogP contribution is 2.15. The van der Waals surface area contributed by atoms with Crippen molar-refractivity contribution in [1.82, 2.24) is 9.97 Å². The molecule has 0 saturated carbocycles. The van der Waals surface area contributed by atoms with E-state index in [1.165, 1.54) is 0 Å². The summed E-state index contributed by atoms with van der Waals surface area (Å²) in [6, 6.07) is 0. The number of aryl methyl sites for hydroxylation is 1. The molecule has 0 aromatic carbocycles. The Hall–Kier alpha value is -0.810. The average molecular weight is 225 g/mol. The van der Waals surface area contributed by atoms with Gasteiger partial charge in [-0.2, -0.15) is 11.8 Å². The SMILES string of the molecule is NCCc1nc2c(c(=O)[nH]1)CCSCC2. The molecule has 0 atom stereocenters. The van der Waals surface area contributed by atoms with E-state index in [4.69, 9.17) is 5.73 Å². The second-order valence-electron chi connectivity index (χ2n) is 3.59. The molecule has 0 spiro atoms. The molecule has 0 aliphatic carbocycles. The Labute approximate surface area is 92.7 Å². The molecule has 0 unspecified atom stereocenters. The number of thioether (sulfide) groups is 1. The van der Waals surface area contributed by atoms with Gasteiger partial charge in [0.15, 0.2) is 0 Å². The van der Waals surface area contributed by atoms with Crippen molar-refractivity contribution in [3.63, 3.8) is 0 Å². The molecular weight excluding hydrogens is 210 g/mol. The van der Waals surface area contributed by atoms with E-state index in [-0.39, 0.29) is 5.56 Å². The minimum Gasteiger partial charge on any atom is -0.330 e. The van der Waals surface area contributed by atoms with E-state index in [0.29, 0.717) is 13.0 Å².